The Hall–Kier alpha value is -1.36. The first kappa shape index (κ1) is 12.1. The number of aryl methyl sites for hydroxylation is 2. The van der Waals surface area contributed by atoms with E-state index in [0.717, 1.165) is 24.2 Å². The molecule has 94 valence electrons. The lowest BCUT2D eigenvalue weighted by atomic mass is 10.2. The first-order chi connectivity index (χ1) is 8.09. The maximum Gasteiger partial charge on any atom is 0.278 e. The minimum Gasteiger partial charge on any atom is -0.272 e. The molecule has 2 rings (SSSR count). The maximum absolute atomic E-state index is 12.0. The second-order valence-corrected chi connectivity index (χ2v) is 4.62. The number of hydrogen-bond donors (Lipinski definition) is 1. The average molecular weight is 237 g/mol. The molecule has 0 aromatic carbocycles. The molecule has 0 saturated heterocycles. The van der Waals surface area contributed by atoms with Crippen molar-refractivity contribution in [3.05, 3.63) is 17.0 Å². The monoisotopic (exact) mass is 237 g/mol. The molecule has 1 aromatic heterocycles. The summed E-state index contributed by atoms with van der Waals surface area (Å²) in [6.07, 6.45) is 4.62. The van der Waals surface area contributed by atoms with Crippen molar-refractivity contribution in [3.63, 3.8) is 0 Å². The first-order valence-corrected chi connectivity index (χ1v) is 6.05. The molecule has 1 aromatic rings. The standard InChI is InChI=1S/C12H19N3O2/c1-8-11(9(2)15(3)13-8)12(16)14-17-10-6-4-5-7-10/h10H,4-7H2,1-3H3,(H,14,16). The minimum absolute atomic E-state index is 0.177. The van der Waals surface area contributed by atoms with Crippen molar-refractivity contribution in [1.29, 1.82) is 0 Å². The molecule has 1 heterocycles. The van der Waals surface area contributed by atoms with E-state index in [-0.39, 0.29) is 12.0 Å². The van der Waals surface area contributed by atoms with Crippen LogP contribution in [0.15, 0.2) is 0 Å². The number of aromatic nitrogens is 2. The van der Waals surface area contributed by atoms with E-state index in [4.69, 9.17) is 4.84 Å². The van der Waals surface area contributed by atoms with Gasteiger partial charge in [-0.05, 0) is 26.7 Å². The fourth-order valence-corrected chi connectivity index (χ4v) is 2.30. The van der Waals surface area contributed by atoms with Gasteiger partial charge < -0.3 is 0 Å². The fraction of sp³-hybridized carbons (Fsp3) is 0.667. The summed E-state index contributed by atoms with van der Waals surface area (Å²) in [6, 6.07) is 0. The molecule has 1 aliphatic carbocycles. The summed E-state index contributed by atoms with van der Waals surface area (Å²) in [5.74, 6) is -0.194. The third kappa shape index (κ3) is 2.49. The smallest absolute Gasteiger partial charge is 0.272 e. The second kappa shape index (κ2) is 4.87. The van der Waals surface area contributed by atoms with Gasteiger partial charge in [-0.3, -0.25) is 14.3 Å². The molecule has 0 aliphatic heterocycles. The number of nitrogens with zero attached hydrogens (tertiary/aromatic N) is 2. The lowest BCUT2D eigenvalue weighted by Crippen LogP contribution is -2.29. The van der Waals surface area contributed by atoms with Gasteiger partial charge in [-0.1, -0.05) is 12.8 Å². The van der Waals surface area contributed by atoms with Crippen molar-refractivity contribution in [1.82, 2.24) is 15.3 Å². The van der Waals surface area contributed by atoms with Gasteiger partial charge in [-0.15, -0.1) is 0 Å². The zero-order valence-electron chi connectivity index (χ0n) is 10.6. The molecule has 0 radical (unpaired) electrons. The number of carbonyl (C=O) groups excluding carboxylic acids is 1. The average Bonchev–Trinajstić information content (AvgIpc) is 2.86. The van der Waals surface area contributed by atoms with Crippen LogP contribution in [0.3, 0.4) is 0 Å². The molecule has 17 heavy (non-hydrogen) atoms. The lowest BCUT2D eigenvalue weighted by Gasteiger charge is -2.11. The minimum atomic E-state index is -0.194. The highest BCUT2D eigenvalue weighted by molar-refractivity contribution is 5.95. The van der Waals surface area contributed by atoms with Crippen molar-refractivity contribution in [2.24, 2.45) is 7.05 Å². The molecule has 1 aliphatic rings. The van der Waals surface area contributed by atoms with Gasteiger partial charge in [-0.25, -0.2) is 5.48 Å². The Kier molecular flexibility index (Phi) is 3.47. The highest BCUT2D eigenvalue weighted by atomic mass is 16.7. The van der Waals surface area contributed by atoms with E-state index in [1.807, 2.05) is 20.9 Å². The molecule has 0 spiro atoms. The highest BCUT2D eigenvalue weighted by Crippen LogP contribution is 2.20. The van der Waals surface area contributed by atoms with Gasteiger partial charge in [0.25, 0.3) is 5.91 Å². The maximum atomic E-state index is 12.0. The van der Waals surface area contributed by atoms with Crippen molar-refractivity contribution in [2.75, 3.05) is 0 Å². The van der Waals surface area contributed by atoms with E-state index < -0.39 is 0 Å². The SMILES string of the molecule is Cc1nn(C)c(C)c1C(=O)NOC1CCCC1. The zero-order chi connectivity index (χ0) is 12.4. The van der Waals surface area contributed by atoms with E-state index in [1.54, 1.807) is 4.68 Å². The van der Waals surface area contributed by atoms with Crippen LogP contribution in [0.1, 0.15) is 47.4 Å². The lowest BCUT2D eigenvalue weighted by molar-refractivity contribution is -0.0125. The molecular weight excluding hydrogens is 218 g/mol. The van der Waals surface area contributed by atoms with Gasteiger partial charge in [0.15, 0.2) is 0 Å². The molecule has 1 amide bonds. The highest BCUT2D eigenvalue weighted by Gasteiger charge is 2.20. The summed E-state index contributed by atoms with van der Waals surface area (Å²) in [5.41, 5.74) is 4.75. The molecule has 0 unspecified atom stereocenters. The quantitative estimate of drug-likeness (QED) is 0.813. The van der Waals surface area contributed by atoms with Gasteiger partial charge in [-0.2, -0.15) is 5.10 Å². The Bertz CT molecular complexity index is 420. The van der Waals surface area contributed by atoms with Crippen molar-refractivity contribution in [3.8, 4) is 0 Å². The number of rotatable bonds is 3. The number of hydroxylamine groups is 1. The van der Waals surface area contributed by atoms with Crippen LogP contribution in [0.5, 0.6) is 0 Å². The second-order valence-electron chi connectivity index (χ2n) is 4.62. The Balaban J connectivity index is 1.99. The summed E-state index contributed by atoms with van der Waals surface area (Å²) in [4.78, 5) is 17.4. The number of carbonyl (C=O) groups is 1. The van der Waals surface area contributed by atoms with Crippen LogP contribution >= 0.6 is 0 Å². The number of nitrogens with one attached hydrogen (secondary N) is 1. The van der Waals surface area contributed by atoms with Crippen LogP contribution in [0.2, 0.25) is 0 Å². The Morgan fingerprint density at radius 1 is 1.41 bits per heavy atom. The van der Waals surface area contributed by atoms with Crippen LogP contribution in [-0.4, -0.2) is 21.8 Å². The van der Waals surface area contributed by atoms with Crippen LogP contribution in [0.4, 0.5) is 0 Å². The van der Waals surface area contributed by atoms with Gasteiger partial charge in [0.05, 0.1) is 17.4 Å². The molecule has 1 fully saturated rings. The molecular formula is C12H19N3O2. The summed E-state index contributed by atoms with van der Waals surface area (Å²) in [7, 11) is 1.83. The summed E-state index contributed by atoms with van der Waals surface area (Å²) in [6.45, 7) is 3.71. The number of amides is 1. The zero-order valence-corrected chi connectivity index (χ0v) is 10.6. The largest absolute Gasteiger partial charge is 0.278 e. The van der Waals surface area contributed by atoms with Crippen molar-refractivity contribution < 1.29 is 9.63 Å². The number of hydrogen-bond acceptors (Lipinski definition) is 3. The van der Waals surface area contributed by atoms with Crippen LogP contribution < -0.4 is 5.48 Å². The van der Waals surface area contributed by atoms with Crippen molar-refractivity contribution in [2.45, 2.75) is 45.6 Å². The molecule has 0 bridgehead atoms. The Morgan fingerprint density at radius 2 is 2.06 bits per heavy atom. The van der Waals surface area contributed by atoms with Crippen molar-refractivity contribution >= 4 is 5.91 Å². The Morgan fingerprint density at radius 3 is 2.59 bits per heavy atom. The predicted molar refractivity (Wildman–Crippen MR) is 63.5 cm³/mol. The van der Waals surface area contributed by atoms with Gasteiger partial charge in [0.2, 0.25) is 0 Å². The third-order valence-electron chi connectivity index (χ3n) is 3.36. The van der Waals surface area contributed by atoms with Gasteiger partial charge in [0, 0.05) is 12.7 Å². The normalized spacial score (nSPS) is 16.4. The van der Waals surface area contributed by atoms with Crippen LogP contribution in [0.25, 0.3) is 0 Å². The molecule has 5 nitrogen and oxygen atoms in total. The van der Waals surface area contributed by atoms with Gasteiger partial charge in [0.1, 0.15) is 0 Å². The van der Waals surface area contributed by atoms with E-state index in [9.17, 15) is 4.79 Å². The van der Waals surface area contributed by atoms with Gasteiger partial charge >= 0.3 is 0 Å². The molecule has 1 N–H and O–H groups in total. The van der Waals surface area contributed by atoms with E-state index >= 15 is 0 Å². The van der Waals surface area contributed by atoms with Crippen LogP contribution in [0, 0.1) is 13.8 Å². The van der Waals surface area contributed by atoms with E-state index in [1.165, 1.54) is 12.8 Å². The van der Waals surface area contributed by atoms with Crippen LogP contribution in [-0.2, 0) is 11.9 Å². The Labute approximate surface area is 101 Å². The first-order valence-electron chi connectivity index (χ1n) is 6.05. The van der Waals surface area contributed by atoms with E-state index in [2.05, 4.69) is 10.6 Å². The molecule has 0 atom stereocenters. The topological polar surface area (TPSA) is 56.2 Å². The third-order valence-corrected chi connectivity index (χ3v) is 3.36. The summed E-state index contributed by atoms with van der Waals surface area (Å²) < 4.78 is 1.71. The fourth-order valence-electron chi connectivity index (χ4n) is 2.30. The molecule has 5 heteroatoms. The van der Waals surface area contributed by atoms with E-state index in [0.29, 0.717) is 5.56 Å². The molecule has 1 saturated carbocycles. The predicted octanol–water partition coefficient (Wildman–Crippen LogP) is 1.64. The summed E-state index contributed by atoms with van der Waals surface area (Å²) >= 11 is 0. The summed E-state index contributed by atoms with van der Waals surface area (Å²) in [5, 5.41) is 4.21.